The number of carbonyl (C=O) groups is 1. The number of amides is 1. The van der Waals surface area contributed by atoms with Crippen molar-refractivity contribution in [1.82, 2.24) is 10.3 Å². The van der Waals surface area contributed by atoms with Crippen molar-refractivity contribution in [2.45, 2.75) is 0 Å². The molecule has 0 unspecified atom stereocenters. The van der Waals surface area contributed by atoms with Crippen molar-refractivity contribution < 1.29 is 23.7 Å². The van der Waals surface area contributed by atoms with Crippen LogP contribution in [0.1, 0.15) is 10.5 Å². The summed E-state index contributed by atoms with van der Waals surface area (Å²) in [6.07, 6.45) is 1.81. The van der Waals surface area contributed by atoms with E-state index in [9.17, 15) is 4.79 Å². The van der Waals surface area contributed by atoms with Crippen molar-refractivity contribution in [3.8, 4) is 45.3 Å². The largest absolute Gasteiger partial charge is 0.493 e. The number of aromatic nitrogens is 1. The lowest BCUT2D eigenvalue weighted by Gasteiger charge is -2.16. The lowest BCUT2D eigenvalue weighted by atomic mass is 9.95. The fourth-order valence-corrected chi connectivity index (χ4v) is 3.41. The average Bonchev–Trinajstić information content (AvgIpc) is 3.40. The van der Waals surface area contributed by atoms with E-state index in [4.69, 9.17) is 18.9 Å². The van der Waals surface area contributed by atoms with Crippen LogP contribution >= 0.6 is 0 Å². The number of methoxy groups -OCH3 is 2. The molecule has 0 bridgehead atoms. The maximum absolute atomic E-state index is 12.6. The van der Waals surface area contributed by atoms with Crippen LogP contribution in [-0.4, -0.2) is 39.0 Å². The van der Waals surface area contributed by atoms with Crippen molar-refractivity contribution in [3.63, 3.8) is 0 Å². The number of nitrogens with one attached hydrogen (secondary N) is 2. The van der Waals surface area contributed by atoms with Gasteiger partial charge in [0.1, 0.15) is 5.69 Å². The number of aromatic amines is 1. The highest BCUT2D eigenvalue weighted by Crippen LogP contribution is 2.54. The third-order valence-corrected chi connectivity index (χ3v) is 4.68. The predicted octanol–water partition coefficient (Wildman–Crippen LogP) is 3.45. The summed E-state index contributed by atoms with van der Waals surface area (Å²) in [5, 5.41) is 2.68. The van der Waals surface area contributed by atoms with E-state index in [1.165, 1.54) is 0 Å². The minimum absolute atomic E-state index is 0.0759. The Morgan fingerprint density at radius 3 is 2.50 bits per heavy atom. The molecule has 0 saturated carbocycles. The summed E-state index contributed by atoms with van der Waals surface area (Å²) < 4.78 is 22.3. The van der Waals surface area contributed by atoms with Crippen LogP contribution in [0.2, 0.25) is 0 Å². The monoisotopic (exact) mass is 380 g/mol. The van der Waals surface area contributed by atoms with Gasteiger partial charge in [0.25, 0.3) is 5.91 Å². The van der Waals surface area contributed by atoms with E-state index in [1.54, 1.807) is 27.3 Å². The van der Waals surface area contributed by atoms with Crippen molar-refractivity contribution in [2.75, 3.05) is 28.1 Å². The first-order chi connectivity index (χ1) is 13.7. The third-order valence-electron chi connectivity index (χ3n) is 4.68. The van der Waals surface area contributed by atoms with Crippen LogP contribution in [0.5, 0.6) is 23.0 Å². The second-order valence-electron chi connectivity index (χ2n) is 6.12. The van der Waals surface area contributed by atoms with Gasteiger partial charge in [-0.3, -0.25) is 4.79 Å². The number of hydrogen-bond acceptors (Lipinski definition) is 5. The van der Waals surface area contributed by atoms with Crippen molar-refractivity contribution in [1.29, 1.82) is 0 Å². The quantitative estimate of drug-likeness (QED) is 0.708. The van der Waals surface area contributed by atoms with Crippen LogP contribution < -0.4 is 24.3 Å². The molecule has 2 N–H and O–H groups in total. The number of rotatable bonds is 5. The van der Waals surface area contributed by atoms with Gasteiger partial charge in [0.2, 0.25) is 18.3 Å². The smallest absolute Gasteiger partial charge is 0.268 e. The number of carbonyl (C=O) groups excluding carboxylic acids is 1. The molecule has 0 spiro atoms. The Morgan fingerprint density at radius 1 is 1.07 bits per heavy atom. The van der Waals surface area contributed by atoms with Crippen LogP contribution in [0.4, 0.5) is 0 Å². The van der Waals surface area contributed by atoms with Crippen molar-refractivity contribution >= 4 is 5.91 Å². The Bertz CT molecular complexity index is 1030. The minimum Gasteiger partial charge on any atom is -0.493 e. The van der Waals surface area contributed by atoms with Gasteiger partial charge in [-0.25, -0.2) is 0 Å². The normalized spacial score (nSPS) is 12.0. The van der Waals surface area contributed by atoms with Gasteiger partial charge in [-0.1, -0.05) is 30.3 Å². The van der Waals surface area contributed by atoms with Crippen LogP contribution in [0.3, 0.4) is 0 Å². The molecule has 2 heterocycles. The average molecular weight is 380 g/mol. The van der Waals surface area contributed by atoms with E-state index in [2.05, 4.69) is 10.3 Å². The Hall–Kier alpha value is -3.61. The van der Waals surface area contributed by atoms with E-state index in [0.29, 0.717) is 39.8 Å². The second kappa shape index (κ2) is 7.19. The van der Waals surface area contributed by atoms with Crippen LogP contribution in [0.15, 0.2) is 42.6 Å². The number of H-pyrrole nitrogens is 1. The fourth-order valence-electron chi connectivity index (χ4n) is 3.41. The number of fused-ring (bicyclic) bond motifs is 1. The van der Waals surface area contributed by atoms with E-state index in [0.717, 1.165) is 11.1 Å². The van der Waals surface area contributed by atoms with Gasteiger partial charge in [-0.15, -0.1) is 0 Å². The molecule has 1 amide bonds. The lowest BCUT2D eigenvalue weighted by molar-refractivity contribution is 0.0959. The molecule has 0 radical (unpaired) electrons. The highest BCUT2D eigenvalue weighted by atomic mass is 16.7. The Balaban J connectivity index is 2.04. The molecule has 1 aromatic heterocycles. The predicted molar refractivity (Wildman–Crippen MR) is 104 cm³/mol. The molecular formula is C21H20N2O5. The molecule has 7 heteroatoms. The SMILES string of the molecule is CNC(=O)c1[nH]cc(-c2ccccc2)c1-c1cc(OC)c2c(c1OC)OCO2. The second-order valence-corrected chi connectivity index (χ2v) is 6.12. The zero-order chi connectivity index (χ0) is 19.7. The molecule has 144 valence electrons. The van der Waals surface area contributed by atoms with E-state index >= 15 is 0 Å². The van der Waals surface area contributed by atoms with Crippen molar-refractivity contribution in [3.05, 3.63) is 48.3 Å². The Labute approximate surface area is 162 Å². The summed E-state index contributed by atoms with van der Waals surface area (Å²) >= 11 is 0. The topological polar surface area (TPSA) is 81.8 Å². The van der Waals surface area contributed by atoms with Gasteiger partial charge >= 0.3 is 0 Å². The molecule has 1 aliphatic heterocycles. The van der Waals surface area contributed by atoms with Crippen LogP contribution in [-0.2, 0) is 0 Å². The summed E-state index contributed by atoms with van der Waals surface area (Å²) in [5.74, 6) is 1.69. The summed E-state index contributed by atoms with van der Waals surface area (Å²) in [6.45, 7) is 0.0759. The molecular weight excluding hydrogens is 360 g/mol. The first-order valence-electron chi connectivity index (χ1n) is 8.73. The number of benzene rings is 2. The summed E-state index contributed by atoms with van der Waals surface area (Å²) in [6, 6.07) is 11.6. The first-order valence-corrected chi connectivity index (χ1v) is 8.73. The van der Waals surface area contributed by atoms with Crippen molar-refractivity contribution in [2.24, 2.45) is 0 Å². The lowest BCUT2D eigenvalue weighted by Crippen LogP contribution is -2.19. The third kappa shape index (κ3) is 2.72. The molecule has 2 aromatic carbocycles. The maximum atomic E-state index is 12.6. The van der Waals surface area contributed by atoms with Crippen LogP contribution in [0, 0.1) is 0 Å². The molecule has 4 rings (SSSR count). The molecule has 3 aromatic rings. The van der Waals surface area contributed by atoms with Gasteiger partial charge in [0.05, 0.1) is 14.2 Å². The summed E-state index contributed by atoms with van der Waals surface area (Å²) in [4.78, 5) is 15.7. The zero-order valence-corrected chi connectivity index (χ0v) is 15.8. The minimum atomic E-state index is -0.240. The molecule has 1 aliphatic rings. The van der Waals surface area contributed by atoms with Gasteiger partial charge < -0.3 is 29.2 Å². The zero-order valence-electron chi connectivity index (χ0n) is 15.8. The molecule has 0 atom stereocenters. The Morgan fingerprint density at radius 2 is 1.82 bits per heavy atom. The first kappa shape index (κ1) is 17.8. The number of hydrogen-bond donors (Lipinski definition) is 2. The standard InChI is InChI=1S/C21H20N2O5/c1-22-21(24)17-16(14(10-23-17)12-7-5-4-6-8-12)13-9-15(25-2)19-20(18(13)26-3)28-11-27-19/h4-10,23H,11H2,1-3H3,(H,22,24). The Kier molecular flexibility index (Phi) is 4.57. The van der Waals surface area contributed by atoms with Gasteiger partial charge in [-0.2, -0.15) is 0 Å². The summed E-state index contributed by atoms with van der Waals surface area (Å²) in [7, 11) is 4.71. The van der Waals surface area contributed by atoms with Gasteiger partial charge in [0, 0.05) is 29.9 Å². The fraction of sp³-hybridized carbons (Fsp3) is 0.190. The van der Waals surface area contributed by atoms with E-state index in [-0.39, 0.29) is 12.7 Å². The number of ether oxygens (including phenoxy) is 4. The molecule has 0 fully saturated rings. The van der Waals surface area contributed by atoms with Gasteiger partial charge in [-0.05, 0) is 11.6 Å². The molecule has 0 aliphatic carbocycles. The van der Waals surface area contributed by atoms with Gasteiger partial charge in [0.15, 0.2) is 11.5 Å². The molecule has 28 heavy (non-hydrogen) atoms. The van der Waals surface area contributed by atoms with Crippen LogP contribution in [0.25, 0.3) is 22.3 Å². The highest BCUT2D eigenvalue weighted by molar-refractivity contribution is 6.05. The summed E-state index contributed by atoms with van der Waals surface area (Å²) in [5.41, 5.74) is 3.60. The highest BCUT2D eigenvalue weighted by Gasteiger charge is 2.31. The molecule has 7 nitrogen and oxygen atoms in total. The maximum Gasteiger partial charge on any atom is 0.268 e. The molecule has 0 saturated heterocycles. The van der Waals surface area contributed by atoms with E-state index in [1.807, 2.05) is 36.5 Å². The van der Waals surface area contributed by atoms with E-state index < -0.39 is 0 Å².